The number of nitro benzene ring substituents is 1. The normalized spacial score (nSPS) is 19.2. The zero-order valence-corrected chi connectivity index (χ0v) is 19.7. The van der Waals surface area contributed by atoms with E-state index < -0.39 is 39.9 Å². The lowest BCUT2D eigenvalue weighted by Gasteiger charge is -2.41. The van der Waals surface area contributed by atoms with E-state index in [1.54, 1.807) is 11.8 Å². The summed E-state index contributed by atoms with van der Waals surface area (Å²) < 4.78 is 43.2. The van der Waals surface area contributed by atoms with Gasteiger partial charge in [0.1, 0.15) is 22.9 Å². The van der Waals surface area contributed by atoms with Crippen molar-refractivity contribution in [3.8, 4) is 0 Å². The highest BCUT2D eigenvalue weighted by Crippen LogP contribution is 2.36. The van der Waals surface area contributed by atoms with E-state index in [2.05, 4.69) is 11.8 Å². The lowest BCUT2D eigenvalue weighted by molar-refractivity contribution is -0.384. The first-order valence-electron chi connectivity index (χ1n) is 11.7. The van der Waals surface area contributed by atoms with Gasteiger partial charge >= 0.3 is 0 Å². The molecule has 0 bridgehead atoms. The van der Waals surface area contributed by atoms with E-state index in [4.69, 9.17) is 0 Å². The van der Waals surface area contributed by atoms with Crippen molar-refractivity contribution in [2.75, 3.05) is 62.2 Å². The van der Waals surface area contributed by atoms with Crippen LogP contribution in [0.25, 0.3) is 0 Å². The zero-order chi connectivity index (χ0) is 25.3. The molecular formula is C24H28F3N5O3. The Morgan fingerprint density at radius 2 is 1.60 bits per heavy atom. The molecule has 8 nitrogen and oxygen atoms in total. The number of anilines is 2. The van der Waals surface area contributed by atoms with Crippen LogP contribution in [0.5, 0.6) is 0 Å². The molecular weight excluding hydrogens is 463 g/mol. The third kappa shape index (κ3) is 4.90. The van der Waals surface area contributed by atoms with E-state index in [0.717, 1.165) is 37.8 Å². The van der Waals surface area contributed by atoms with Crippen LogP contribution in [0.2, 0.25) is 0 Å². The fourth-order valence-corrected chi connectivity index (χ4v) is 4.81. The molecule has 2 aromatic carbocycles. The van der Waals surface area contributed by atoms with E-state index in [1.807, 2.05) is 4.90 Å². The lowest BCUT2D eigenvalue weighted by atomic mass is 10.1. The van der Waals surface area contributed by atoms with Crippen LogP contribution in [0.15, 0.2) is 30.3 Å². The maximum atomic E-state index is 14.9. The fourth-order valence-electron chi connectivity index (χ4n) is 4.81. The molecule has 4 rings (SSSR count). The van der Waals surface area contributed by atoms with Crippen molar-refractivity contribution in [3.05, 3.63) is 63.5 Å². The number of hydrogen-bond donors (Lipinski definition) is 0. The summed E-state index contributed by atoms with van der Waals surface area (Å²) in [5.74, 6) is -3.30. The van der Waals surface area contributed by atoms with Gasteiger partial charge in [0.15, 0.2) is 5.82 Å². The van der Waals surface area contributed by atoms with Crippen molar-refractivity contribution in [1.82, 2.24) is 9.80 Å². The van der Waals surface area contributed by atoms with Crippen LogP contribution in [0.3, 0.4) is 0 Å². The zero-order valence-electron chi connectivity index (χ0n) is 19.7. The summed E-state index contributed by atoms with van der Waals surface area (Å²) in [7, 11) is 0. The Balaban J connectivity index is 1.58. The van der Waals surface area contributed by atoms with Gasteiger partial charge in [-0.15, -0.1) is 0 Å². The molecule has 2 fully saturated rings. The second-order valence-corrected chi connectivity index (χ2v) is 8.86. The lowest BCUT2D eigenvalue weighted by Crippen LogP contribution is -2.54. The van der Waals surface area contributed by atoms with Crippen LogP contribution >= 0.6 is 0 Å². The van der Waals surface area contributed by atoms with Crippen LogP contribution in [0.1, 0.15) is 24.2 Å². The van der Waals surface area contributed by atoms with Gasteiger partial charge in [-0.3, -0.25) is 14.9 Å². The van der Waals surface area contributed by atoms with E-state index in [9.17, 15) is 28.1 Å². The number of amides is 1. The van der Waals surface area contributed by atoms with Crippen molar-refractivity contribution in [3.63, 3.8) is 0 Å². The molecule has 2 aromatic rings. The van der Waals surface area contributed by atoms with Gasteiger partial charge in [-0.1, -0.05) is 13.0 Å². The van der Waals surface area contributed by atoms with Crippen LogP contribution in [0.4, 0.5) is 30.2 Å². The molecule has 2 aliphatic heterocycles. The van der Waals surface area contributed by atoms with Gasteiger partial charge in [0.25, 0.3) is 11.6 Å². The Morgan fingerprint density at radius 3 is 2.17 bits per heavy atom. The standard InChI is InChI=1S/C24H28F3N5O3/c1-3-28-7-9-29(10-8-28)20-14-21(22(32(34)35)13-19(20)27)30-11-12-31(16(2)15-30)24(33)23-17(25)5-4-6-18(23)26/h4-6,13-14,16H,3,7-12,15H2,1-2H3/t16-/m1/s1. The second kappa shape index (κ2) is 10.1. The van der Waals surface area contributed by atoms with Crippen LogP contribution in [-0.2, 0) is 0 Å². The molecule has 1 atom stereocenters. The monoisotopic (exact) mass is 491 g/mol. The molecule has 0 radical (unpaired) electrons. The number of carbonyl (C=O) groups excluding carboxylic acids is 1. The second-order valence-electron chi connectivity index (χ2n) is 8.86. The van der Waals surface area contributed by atoms with Crippen LogP contribution in [-0.4, -0.2) is 79.0 Å². The predicted octanol–water partition coefficient (Wildman–Crippen LogP) is 3.50. The molecule has 0 unspecified atom stereocenters. The number of benzene rings is 2. The van der Waals surface area contributed by atoms with Gasteiger partial charge in [0.2, 0.25) is 0 Å². The Kier molecular flexibility index (Phi) is 7.15. The molecule has 188 valence electrons. The van der Waals surface area contributed by atoms with Gasteiger partial charge in [-0.2, -0.15) is 0 Å². The Hall–Kier alpha value is -3.34. The molecule has 2 saturated heterocycles. The van der Waals surface area contributed by atoms with E-state index in [0.29, 0.717) is 18.8 Å². The number of carbonyl (C=O) groups is 1. The Morgan fingerprint density at radius 1 is 0.971 bits per heavy atom. The highest BCUT2D eigenvalue weighted by Gasteiger charge is 2.34. The van der Waals surface area contributed by atoms with Crippen molar-refractivity contribution in [1.29, 1.82) is 0 Å². The van der Waals surface area contributed by atoms with Crippen molar-refractivity contribution < 1.29 is 22.9 Å². The number of hydrogen-bond acceptors (Lipinski definition) is 6. The highest BCUT2D eigenvalue weighted by atomic mass is 19.1. The molecule has 2 aliphatic rings. The molecule has 0 saturated carbocycles. The maximum absolute atomic E-state index is 14.9. The Labute approximate surface area is 201 Å². The first-order chi connectivity index (χ1) is 16.7. The quantitative estimate of drug-likeness (QED) is 0.471. The summed E-state index contributed by atoms with van der Waals surface area (Å²) in [6, 6.07) is 5.22. The summed E-state index contributed by atoms with van der Waals surface area (Å²) in [4.78, 5) is 31.2. The highest BCUT2D eigenvalue weighted by molar-refractivity contribution is 5.95. The summed E-state index contributed by atoms with van der Waals surface area (Å²) in [5, 5.41) is 11.7. The summed E-state index contributed by atoms with van der Waals surface area (Å²) >= 11 is 0. The molecule has 0 aliphatic carbocycles. The predicted molar refractivity (Wildman–Crippen MR) is 126 cm³/mol. The van der Waals surface area contributed by atoms with Gasteiger partial charge in [0.05, 0.1) is 16.7 Å². The topological polar surface area (TPSA) is 73.2 Å². The molecule has 11 heteroatoms. The molecule has 0 N–H and O–H groups in total. The van der Waals surface area contributed by atoms with Gasteiger partial charge in [-0.25, -0.2) is 13.2 Å². The molecule has 0 aromatic heterocycles. The number of likely N-dealkylation sites (N-methyl/N-ethyl adjacent to an activating group) is 1. The van der Waals surface area contributed by atoms with E-state index in [1.165, 1.54) is 17.0 Å². The number of rotatable bonds is 5. The third-order valence-corrected chi connectivity index (χ3v) is 6.81. The molecule has 35 heavy (non-hydrogen) atoms. The van der Waals surface area contributed by atoms with Crippen molar-refractivity contribution in [2.45, 2.75) is 19.9 Å². The number of nitrogens with zero attached hydrogens (tertiary/aromatic N) is 5. The molecule has 2 heterocycles. The van der Waals surface area contributed by atoms with Crippen molar-refractivity contribution >= 4 is 23.0 Å². The summed E-state index contributed by atoms with van der Waals surface area (Å²) in [6.07, 6.45) is 0. The molecule has 0 spiro atoms. The van der Waals surface area contributed by atoms with E-state index >= 15 is 0 Å². The van der Waals surface area contributed by atoms with Gasteiger partial charge < -0.3 is 19.6 Å². The summed E-state index contributed by atoms with van der Waals surface area (Å²) in [5.41, 5.74) is -0.402. The van der Waals surface area contributed by atoms with Gasteiger partial charge in [0, 0.05) is 51.9 Å². The number of nitro groups is 1. The van der Waals surface area contributed by atoms with Crippen LogP contribution < -0.4 is 9.80 Å². The largest absolute Gasteiger partial charge is 0.367 e. The Bertz CT molecular complexity index is 1100. The number of piperazine rings is 2. The van der Waals surface area contributed by atoms with Crippen molar-refractivity contribution in [2.24, 2.45) is 0 Å². The maximum Gasteiger partial charge on any atom is 0.295 e. The third-order valence-electron chi connectivity index (χ3n) is 6.81. The minimum Gasteiger partial charge on any atom is -0.367 e. The first kappa shape index (κ1) is 24.8. The average Bonchev–Trinajstić information content (AvgIpc) is 2.83. The van der Waals surface area contributed by atoms with Gasteiger partial charge in [-0.05, 0) is 31.7 Å². The minimum absolute atomic E-state index is 0.104. The average molecular weight is 492 g/mol. The molecule has 1 amide bonds. The van der Waals surface area contributed by atoms with Crippen LogP contribution in [0, 0.1) is 27.6 Å². The SMILES string of the molecule is CCN1CCN(c2cc(N3CCN(C(=O)c4c(F)cccc4F)[C@H](C)C3)c([N+](=O)[O-])cc2F)CC1. The minimum atomic E-state index is -0.938. The first-order valence-corrected chi connectivity index (χ1v) is 11.7. The summed E-state index contributed by atoms with van der Waals surface area (Å²) in [6.45, 7) is 7.92. The van der Waals surface area contributed by atoms with E-state index in [-0.39, 0.29) is 31.0 Å². The smallest absolute Gasteiger partial charge is 0.295 e. The fraction of sp³-hybridized carbons (Fsp3) is 0.458. The number of halogens is 3.